The molecule has 1 saturated heterocycles. The first kappa shape index (κ1) is 23.1. The van der Waals surface area contributed by atoms with Crippen LogP contribution in [0.5, 0.6) is 0 Å². The fourth-order valence-electron chi connectivity index (χ4n) is 5.29. The van der Waals surface area contributed by atoms with E-state index in [1.807, 2.05) is 0 Å². The molecule has 0 spiro atoms. The lowest BCUT2D eigenvalue weighted by molar-refractivity contribution is -0.125. The summed E-state index contributed by atoms with van der Waals surface area (Å²) in [5, 5.41) is 11.4. The van der Waals surface area contributed by atoms with Crippen LogP contribution < -0.4 is 10.6 Å². The van der Waals surface area contributed by atoms with Crippen LogP contribution in [0.1, 0.15) is 27.4 Å². The third-order valence-corrected chi connectivity index (χ3v) is 7.32. The number of rotatable bonds is 4. The minimum atomic E-state index is -1.79. The van der Waals surface area contributed by atoms with Gasteiger partial charge in [0.2, 0.25) is 5.91 Å². The zero-order valence-electron chi connectivity index (χ0n) is 18.2. The van der Waals surface area contributed by atoms with Gasteiger partial charge >= 0.3 is 0 Å². The Balaban J connectivity index is 1.80. The fraction of sp³-hybridized carbons (Fsp3) is 0.148. The summed E-state index contributed by atoms with van der Waals surface area (Å²) in [5.41, 5.74) is 6.13. The van der Waals surface area contributed by atoms with E-state index in [4.69, 9.17) is 28.9 Å². The Kier molecular flexibility index (Phi) is 5.63. The quantitative estimate of drug-likeness (QED) is 0.482. The lowest BCUT2D eigenvalue weighted by Crippen LogP contribution is -2.49. The van der Waals surface area contributed by atoms with E-state index in [2.05, 4.69) is 6.07 Å². The van der Waals surface area contributed by atoms with Crippen molar-refractivity contribution in [3.63, 3.8) is 0 Å². The topological polar surface area (TPSA) is 87.2 Å². The van der Waals surface area contributed by atoms with Crippen LogP contribution in [0, 0.1) is 22.6 Å². The van der Waals surface area contributed by atoms with Crippen LogP contribution in [0.25, 0.3) is 6.08 Å². The number of amides is 1. The van der Waals surface area contributed by atoms with Gasteiger partial charge in [-0.3, -0.25) is 9.59 Å². The van der Waals surface area contributed by atoms with E-state index in [1.54, 1.807) is 71.6 Å². The van der Waals surface area contributed by atoms with Gasteiger partial charge < -0.3 is 10.6 Å². The van der Waals surface area contributed by atoms with Crippen LogP contribution in [-0.4, -0.2) is 23.8 Å². The van der Waals surface area contributed by atoms with Crippen LogP contribution >= 0.6 is 23.2 Å². The summed E-state index contributed by atoms with van der Waals surface area (Å²) in [4.78, 5) is 28.9. The van der Waals surface area contributed by atoms with Crippen LogP contribution in [-0.2, 0) is 4.79 Å². The van der Waals surface area contributed by atoms with E-state index in [9.17, 15) is 19.2 Å². The monoisotopic (exact) mass is 505 g/mol. The molecule has 8 heteroatoms. The number of primary amides is 1. The number of nitrogens with two attached hydrogens (primary N) is 1. The maximum atomic E-state index is 14.1. The van der Waals surface area contributed by atoms with E-state index < -0.39 is 35.1 Å². The van der Waals surface area contributed by atoms with Gasteiger partial charge in [0.05, 0.1) is 12.1 Å². The van der Waals surface area contributed by atoms with Crippen LogP contribution in [0.3, 0.4) is 0 Å². The molecule has 5 rings (SSSR count). The molecule has 2 heterocycles. The van der Waals surface area contributed by atoms with Crippen molar-refractivity contribution < 1.29 is 14.0 Å². The number of hydrogen-bond acceptors (Lipinski definition) is 4. The highest BCUT2D eigenvalue weighted by atomic mass is 35.5. The average Bonchev–Trinajstić information content (AvgIpc) is 3.16. The summed E-state index contributed by atoms with van der Waals surface area (Å²) >= 11 is 12.1. The highest BCUT2D eigenvalue weighted by Crippen LogP contribution is 2.55. The molecule has 0 radical (unpaired) electrons. The van der Waals surface area contributed by atoms with Gasteiger partial charge in [-0.1, -0.05) is 47.5 Å². The van der Waals surface area contributed by atoms with Crippen molar-refractivity contribution in [2.24, 2.45) is 11.1 Å². The zero-order chi connectivity index (χ0) is 24.9. The molecule has 1 amide bonds. The second-order valence-corrected chi connectivity index (χ2v) is 9.48. The number of carbonyl (C=O) groups is 2. The average molecular weight is 506 g/mol. The summed E-state index contributed by atoms with van der Waals surface area (Å²) in [6, 6.07) is 17.6. The molecule has 174 valence electrons. The number of ketones is 1. The number of nitriles is 1. The second kappa shape index (κ2) is 8.53. The highest BCUT2D eigenvalue weighted by Gasteiger charge is 2.65. The summed E-state index contributed by atoms with van der Waals surface area (Å²) in [6.07, 6.45) is 3.30. The Morgan fingerprint density at radius 2 is 1.63 bits per heavy atom. The van der Waals surface area contributed by atoms with E-state index in [0.717, 1.165) is 0 Å². The molecule has 4 atom stereocenters. The van der Waals surface area contributed by atoms with Crippen LogP contribution in [0.4, 0.5) is 10.1 Å². The molecule has 3 aromatic carbocycles. The first-order valence-corrected chi connectivity index (χ1v) is 11.6. The minimum absolute atomic E-state index is 0.324. The largest absolute Gasteiger partial charge is 0.368 e. The van der Waals surface area contributed by atoms with Crippen molar-refractivity contribution in [1.29, 1.82) is 5.26 Å². The molecular formula is C27H18Cl2FN3O2. The number of fused-ring (bicyclic) bond motifs is 3. The number of halogens is 3. The highest BCUT2D eigenvalue weighted by molar-refractivity contribution is 6.31. The smallest absolute Gasteiger partial charge is 0.241 e. The standard InChI is InChI=1S/C27H18Cl2FN3O2/c28-18-6-1-15(2-7-18)23-24(25(34)16-3-8-19(29)9-4-16)33-21-11-10-20(30)13-17(21)5-12-22(33)27(23,14-31)26(32)35/h1-13,22-24H,(H2,32,35)/t22-,23+,24+,27-/m1/s1. The summed E-state index contributed by atoms with van der Waals surface area (Å²) in [6.45, 7) is 0. The molecule has 0 bridgehead atoms. The minimum Gasteiger partial charge on any atom is -0.368 e. The number of nitrogens with zero attached hydrogens (tertiary/aromatic N) is 2. The molecule has 0 saturated carbocycles. The summed E-state index contributed by atoms with van der Waals surface area (Å²) in [5.74, 6) is -2.55. The van der Waals surface area contributed by atoms with Crippen molar-refractivity contribution >= 4 is 46.7 Å². The molecule has 2 aliphatic heterocycles. The maximum absolute atomic E-state index is 14.1. The molecule has 5 nitrogen and oxygen atoms in total. The third-order valence-electron chi connectivity index (χ3n) is 6.82. The number of carbonyl (C=O) groups excluding carboxylic acids is 2. The number of anilines is 1. The molecule has 35 heavy (non-hydrogen) atoms. The van der Waals surface area contributed by atoms with E-state index >= 15 is 0 Å². The van der Waals surface area contributed by atoms with Gasteiger partial charge in [-0.05, 0) is 60.2 Å². The van der Waals surface area contributed by atoms with E-state index in [1.165, 1.54) is 12.1 Å². The summed E-state index contributed by atoms with van der Waals surface area (Å²) < 4.78 is 14.1. The molecule has 1 fully saturated rings. The lowest BCUT2D eigenvalue weighted by atomic mass is 9.67. The van der Waals surface area contributed by atoms with Crippen molar-refractivity contribution in [2.45, 2.75) is 18.0 Å². The Morgan fingerprint density at radius 1 is 1.00 bits per heavy atom. The molecule has 0 aliphatic carbocycles. The van der Waals surface area contributed by atoms with Gasteiger partial charge in [0.15, 0.2) is 11.2 Å². The molecular weight excluding hydrogens is 488 g/mol. The molecule has 2 N–H and O–H groups in total. The van der Waals surface area contributed by atoms with Crippen molar-refractivity contribution in [3.8, 4) is 6.07 Å². The SMILES string of the molecule is N#C[C@]1(C(N)=O)[C@@H](c2ccc(Cl)cc2)[C@@H](C(=O)c2ccc(Cl)cc2)N2c3ccc(F)cc3C=C[C@@H]21. The zero-order valence-corrected chi connectivity index (χ0v) is 19.7. The predicted octanol–water partition coefficient (Wildman–Crippen LogP) is 5.38. The normalized spacial score (nSPS) is 24.4. The van der Waals surface area contributed by atoms with Crippen LogP contribution in [0.2, 0.25) is 10.0 Å². The Hall–Kier alpha value is -3.66. The van der Waals surface area contributed by atoms with E-state index in [0.29, 0.717) is 32.4 Å². The molecule has 2 aliphatic rings. The van der Waals surface area contributed by atoms with Gasteiger partial charge in [-0.25, -0.2) is 4.39 Å². The number of Topliss-reactive ketones (excluding diaryl/α,β-unsaturated/α-hetero) is 1. The summed E-state index contributed by atoms with van der Waals surface area (Å²) in [7, 11) is 0. The third kappa shape index (κ3) is 3.51. The Labute approximate surface area is 211 Å². The van der Waals surface area contributed by atoms with Crippen molar-refractivity contribution in [3.05, 3.63) is 105 Å². The Bertz CT molecular complexity index is 1420. The first-order chi connectivity index (χ1) is 16.8. The molecule has 0 unspecified atom stereocenters. The maximum Gasteiger partial charge on any atom is 0.241 e. The van der Waals surface area contributed by atoms with E-state index in [-0.39, 0.29) is 5.78 Å². The fourth-order valence-corrected chi connectivity index (χ4v) is 5.54. The van der Waals surface area contributed by atoms with Gasteiger partial charge in [-0.15, -0.1) is 0 Å². The predicted molar refractivity (Wildman–Crippen MR) is 133 cm³/mol. The van der Waals surface area contributed by atoms with Gasteiger partial charge in [0, 0.05) is 32.8 Å². The van der Waals surface area contributed by atoms with Crippen LogP contribution in [0.15, 0.2) is 72.8 Å². The molecule has 3 aromatic rings. The number of hydrogen-bond donors (Lipinski definition) is 1. The van der Waals surface area contributed by atoms with Crippen molar-refractivity contribution in [1.82, 2.24) is 0 Å². The van der Waals surface area contributed by atoms with Gasteiger partial charge in [0.1, 0.15) is 11.9 Å². The second-order valence-electron chi connectivity index (χ2n) is 8.60. The first-order valence-electron chi connectivity index (χ1n) is 10.8. The number of benzene rings is 3. The van der Waals surface area contributed by atoms with Gasteiger partial charge in [-0.2, -0.15) is 5.26 Å². The lowest BCUT2D eigenvalue weighted by Gasteiger charge is -2.36. The van der Waals surface area contributed by atoms with Crippen molar-refractivity contribution in [2.75, 3.05) is 4.90 Å². The Morgan fingerprint density at radius 3 is 2.23 bits per heavy atom. The molecule has 0 aromatic heterocycles. The van der Waals surface area contributed by atoms with Gasteiger partial charge in [0.25, 0.3) is 0 Å².